The number of likely N-dealkylation sites (N-methyl/N-ethyl adjacent to an activating group) is 1. The summed E-state index contributed by atoms with van der Waals surface area (Å²) in [4.78, 5) is 0. The Hall–Kier alpha value is -1.26. The van der Waals surface area contributed by atoms with Crippen molar-refractivity contribution < 1.29 is 14.6 Å². The minimum atomic E-state index is -0.154. The summed E-state index contributed by atoms with van der Waals surface area (Å²) in [5.41, 5.74) is 1.05. The highest BCUT2D eigenvalue weighted by molar-refractivity contribution is 5.50. The Morgan fingerprint density at radius 1 is 1.45 bits per heavy atom. The van der Waals surface area contributed by atoms with Gasteiger partial charge in [-0.3, -0.25) is 0 Å². The molecule has 0 amide bonds. The van der Waals surface area contributed by atoms with Gasteiger partial charge in [0.2, 0.25) is 0 Å². The highest BCUT2D eigenvalue weighted by Gasteiger charge is 2.32. The van der Waals surface area contributed by atoms with Crippen LogP contribution in [0.5, 0.6) is 11.5 Å². The Morgan fingerprint density at radius 3 is 2.95 bits per heavy atom. The molecule has 1 aromatic carbocycles. The van der Waals surface area contributed by atoms with Gasteiger partial charge in [0.05, 0.1) is 13.2 Å². The van der Waals surface area contributed by atoms with E-state index in [1.807, 2.05) is 19.1 Å². The molecule has 2 rings (SSSR count). The molecule has 1 atom stereocenters. The molecular formula is C16H25NO3. The van der Waals surface area contributed by atoms with Gasteiger partial charge in [0.1, 0.15) is 5.60 Å². The maximum Gasteiger partial charge on any atom is 0.165 e. The molecule has 4 nitrogen and oxygen atoms in total. The molecule has 1 aliphatic heterocycles. The van der Waals surface area contributed by atoms with Crippen LogP contribution >= 0.6 is 0 Å². The fraction of sp³-hybridized carbons (Fsp3) is 0.625. The van der Waals surface area contributed by atoms with Crippen LogP contribution in [0.1, 0.15) is 32.8 Å². The number of rotatable bonds is 7. The standard InChI is InChI=1S/C16H25NO3/c1-4-17-13(11-18)8-9-19-14-7-5-6-12-10-16(2,3)20-15(12)14/h5-7,13,17-18H,4,8-11H2,1-3H3. The van der Waals surface area contributed by atoms with Crippen molar-refractivity contribution in [2.45, 2.75) is 45.3 Å². The number of aliphatic hydroxyl groups is 1. The van der Waals surface area contributed by atoms with Gasteiger partial charge in [0.15, 0.2) is 11.5 Å². The van der Waals surface area contributed by atoms with E-state index in [1.54, 1.807) is 0 Å². The third kappa shape index (κ3) is 3.64. The van der Waals surface area contributed by atoms with Gasteiger partial charge in [-0.25, -0.2) is 0 Å². The maximum atomic E-state index is 9.24. The van der Waals surface area contributed by atoms with E-state index >= 15 is 0 Å². The molecule has 2 N–H and O–H groups in total. The predicted octanol–water partition coefficient (Wildman–Crippen LogP) is 2.14. The van der Waals surface area contributed by atoms with Gasteiger partial charge < -0.3 is 19.9 Å². The Kier molecular flexibility index (Phi) is 4.89. The molecule has 0 aromatic heterocycles. The van der Waals surface area contributed by atoms with Crippen molar-refractivity contribution in [3.8, 4) is 11.5 Å². The summed E-state index contributed by atoms with van der Waals surface area (Å²) in [6.45, 7) is 7.76. The van der Waals surface area contributed by atoms with E-state index in [0.717, 1.165) is 30.9 Å². The molecule has 0 aliphatic carbocycles. The van der Waals surface area contributed by atoms with E-state index < -0.39 is 0 Å². The second kappa shape index (κ2) is 6.46. The van der Waals surface area contributed by atoms with Gasteiger partial charge in [-0.1, -0.05) is 19.1 Å². The van der Waals surface area contributed by atoms with Gasteiger partial charge in [-0.2, -0.15) is 0 Å². The van der Waals surface area contributed by atoms with Crippen LogP contribution in [-0.2, 0) is 6.42 Å². The van der Waals surface area contributed by atoms with Crippen molar-refractivity contribution in [2.75, 3.05) is 19.8 Å². The monoisotopic (exact) mass is 279 g/mol. The summed E-state index contributed by atoms with van der Waals surface area (Å²) in [6, 6.07) is 6.13. The topological polar surface area (TPSA) is 50.7 Å². The summed E-state index contributed by atoms with van der Waals surface area (Å²) < 4.78 is 11.8. The number of benzene rings is 1. The summed E-state index contributed by atoms with van der Waals surface area (Å²) in [5, 5.41) is 12.5. The van der Waals surface area contributed by atoms with Crippen LogP contribution in [-0.4, -0.2) is 36.5 Å². The lowest BCUT2D eigenvalue weighted by Gasteiger charge is -2.19. The van der Waals surface area contributed by atoms with Crippen molar-refractivity contribution >= 4 is 0 Å². The molecule has 1 unspecified atom stereocenters. The van der Waals surface area contributed by atoms with Crippen LogP contribution in [0.25, 0.3) is 0 Å². The number of ether oxygens (including phenoxy) is 2. The third-order valence-corrected chi connectivity index (χ3v) is 3.49. The summed E-state index contributed by atoms with van der Waals surface area (Å²) >= 11 is 0. The first-order valence-corrected chi connectivity index (χ1v) is 7.33. The molecule has 1 aliphatic rings. The van der Waals surface area contributed by atoms with Gasteiger partial charge in [0.25, 0.3) is 0 Å². The van der Waals surface area contributed by atoms with Crippen LogP contribution in [0.2, 0.25) is 0 Å². The molecule has 0 saturated carbocycles. The molecule has 112 valence electrons. The molecule has 0 saturated heterocycles. The van der Waals surface area contributed by atoms with E-state index in [0.29, 0.717) is 6.61 Å². The van der Waals surface area contributed by atoms with Gasteiger partial charge >= 0.3 is 0 Å². The zero-order valence-electron chi connectivity index (χ0n) is 12.6. The second-order valence-electron chi connectivity index (χ2n) is 5.86. The second-order valence-corrected chi connectivity index (χ2v) is 5.86. The molecule has 1 aromatic rings. The van der Waals surface area contributed by atoms with Crippen molar-refractivity contribution in [1.29, 1.82) is 0 Å². The number of hydrogen-bond acceptors (Lipinski definition) is 4. The first-order valence-electron chi connectivity index (χ1n) is 7.33. The average Bonchev–Trinajstić information content (AvgIpc) is 2.72. The van der Waals surface area contributed by atoms with Crippen molar-refractivity contribution in [2.24, 2.45) is 0 Å². The third-order valence-electron chi connectivity index (χ3n) is 3.49. The molecule has 0 bridgehead atoms. The van der Waals surface area contributed by atoms with Gasteiger partial charge in [0, 0.05) is 18.0 Å². The Bertz CT molecular complexity index is 445. The lowest BCUT2D eigenvalue weighted by molar-refractivity contribution is 0.131. The first-order chi connectivity index (χ1) is 9.55. The molecule has 0 fully saturated rings. The quantitative estimate of drug-likeness (QED) is 0.803. The van der Waals surface area contributed by atoms with E-state index in [9.17, 15) is 5.11 Å². The molecule has 0 spiro atoms. The lowest BCUT2D eigenvalue weighted by Crippen LogP contribution is -2.33. The van der Waals surface area contributed by atoms with E-state index in [-0.39, 0.29) is 18.2 Å². The van der Waals surface area contributed by atoms with E-state index in [4.69, 9.17) is 9.47 Å². The molecule has 0 radical (unpaired) electrons. The Labute approximate surface area is 121 Å². The molecule has 1 heterocycles. The molecule has 4 heteroatoms. The van der Waals surface area contributed by atoms with Gasteiger partial charge in [-0.15, -0.1) is 0 Å². The Balaban J connectivity index is 1.94. The minimum Gasteiger partial charge on any atom is -0.490 e. The summed E-state index contributed by atoms with van der Waals surface area (Å²) in [7, 11) is 0. The summed E-state index contributed by atoms with van der Waals surface area (Å²) in [6.07, 6.45) is 1.69. The average molecular weight is 279 g/mol. The largest absolute Gasteiger partial charge is 0.490 e. The number of fused-ring (bicyclic) bond motifs is 1. The lowest BCUT2D eigenvalue weighted by atomic mass is 10.0. The first kappa shape index (κ1) is 15.1. The van der Waals surface area contributed by atoms with Crippen LogP contribution in [0.4, 0.5) is 0 Å². The normalized spacial score (nSPS) is 17.4. The number of para-hydroxylation sites is 1. The zero-order chi connectivity index (χ0) is 14.6. The van der Waals surface area contributed by atoms with E-state index in [1.165, 1.54) is 5.56 Å². The summed E-state index contributed by atoms with van der Waals surface area (Å²) in [5.74, 6) is 1.68. The smallest absolute Gasteiger partial charge is 0.165 e. The van der Waals surface area contributed by atoms with Crippen LogP contribution in [0, 0.1) is 0 Å². The number of hydrogen-bond donors (Lipinski definition) is 2. The number of nitrogens with one attached hydrogen (secondary N) is 1. The predicted molar refractivity (Wildman–Crippen MR) is 79.5 cm³/mol. The molecular weight excluding hydrogens is 254 g/mol. The minimum absolute atomic E-state index is 0.0918. The van der Waals surface area contributed by atoms with Crippen LogP contribution in [0.3, 0.4) is 0 Å². The van der Waals surface area contributed by atoms with Crippen LogP contribution in [0.15, 0.2) is 18.2 Å². The SMILES string of the molecule is CCNC(CO)CCOc1cccc2c1OC(C)(C)C2. The highest BCUT2D eigenvalue weighted by atomic mass is 16.5. The van der Waals surface area contributed by atoms with Crippen molar-refractivity contribution in [3.05, 3.63) is 23.8 Å². The van der Waals surface area contributed by atoms with E-state index in [2.05, 4.69) is 25.2 Å². The van der Waals surface area contributed by atoms with Gasteiger partial charge in [-0.05, 0) is 32.9 Å². The Morgan fingerprint density at radius 2 is 2.25 bits per heavy atom. The molecule has 20 heavy (non-hydrogen) atoms. The van der Waals surface area contributed by atoms with Crippen molar-refractivity contribution in [3.63, 3.8) is 0 Å². The highest BCUT2D eigenvalue weighted by Crippen LogP contribution is 2.41. The van der Waals surface area contributed by atoms with Crippen LogP contribution < -0.4 is 14.8 Å². The maximum absolute atomic E-state index is 9.24. The fourth-order valence-electron chi connectivity index (χ4n) is 2.56. The zero-order valence-corrected chi connectivity index (χ0v) is 12.6. The van der Waals surface area contributed by atoms with Crippen molar-refractivity contribution in [1.82, 2.24) is 5.32 Å². The number of aliphatic hydroxyl groups excluding tert-OH is 1. The fourth-order valence-corrected chi connectivity index (χ4v) is 2.56.